The minimum atomic E-state index is 0.476. The maximum absolute atomic E-state index is 4.39. The molecule has 0 spiro atoms. The van der Waals surface area contributed by atoms with Crippen molar-refractivity contribution in [2.75, 3.05) is 7.05 Å². The van der Waals surface area contributed by atoms with Crippen LogP contribution in [0.5, 0.6) is 0 Å². The minimum absolute atomic E-state index is 0.476. The van der Waals surface area contributed by atoms with Gasteiger partial charge in [0.25, 0.3) is 0 Å². The van der Waals surface area contributed by atoms with Crippen molar-refractivity contribution in [3.8, 4) is 0 Å². The van der Waals surface area contributed by atoms with Gasteiger partial charge in [0, 0.05) is 17.9 Å². The predicted molar refractivity (Wildman–Crippen MR) is 72.0 cm³/mol. The smallest absolute Gasteiger partial charge is 0.0372 e. The summed E-state index contributed by atoms with van der Waals surface area (Å²) < 4.78 is 0. The third-order valence-corrected chi connectivity index (χ3v) is 4.02. The van der Waals surface area contributed by atoms with Gasteiger partial charge in [-0.05, 0) is 44.4 Å². The molecular weight excluding hydrogens is 208 g/mol. The Hall–Kier alpha value is -0.890. The molecule has 0 saturated heterocycles. The highest BCUT2D eigenvalue weighted by atomic mass is 14.9. The maximum atomic E-state index is 4.39. The van der Waals surface area contributed by atoms with E-state index in [-0.39, 0.29) is 0 Å². The van der Waals surface area contributed by atoms with E-state index in [4.69, 9.17) is 0 Å². The van der Waals surface area contributed by atoms with Crippen LogP contribution < -0.4 is 5.32 Å². The Kier molecular flexibility index (Phi) is 4.55. The van der Waals surface area contributed by atoms with Crippen LogP contribution in [-0.2, 0) is 0 Å². The first-order valence-corrected chi connectivity index (χ1v) is 6.89. The van der Waals surface area contributed by atoms with Crippen molar-refractivity contribution in [2.45, 2.75) is 51.5 Å². The van der Waals surface area contributed by atoms with Crippen LogP contribution in [-0.4, -0.2) is 12.0 Å². The van der Waals surface area contributed by atoms with Gasteiger partial charge >= 0.3 is 0 Å². The lowest BCUT2D eigenvalue weighted by molar-refractivity contribution is 0.427. The molecule has 1 N–H and O–H groups in total. The lowest BCUT2D eigenvalue weighted by Gasteiger charge is -2.18. The van der Waals surface area contributed by atoms with Crippen LogP contribution in [0.2, 0.25) is 0 Å². The minimum Gasteiger partial charge on any atom is -0.313 e. The monoisotopic (exact) mass is 232 g/mol. The fraction of sp³-hybridized carbons (Fsp3) is 0.667. The molecule has 17 heavy (non-hydrogen) atoms. The number of nitrogens with zero attached hydrogens (tertiary/aromatic N) is 1. The molecule has 1 aromatic heterocycles. The summed E-state index contributed by atoms with van der Waals surface area (Å²) >= 11 is 0. The molecule has 2 heteroatoms. The summed E-state index contributed by atoms with van der Waals surface area (Å²) in [5.41, 5.74) is 2.43. The number of aryl methyl sites for hydroxylation is 1. The summed E-state index contributed by atoms with van der Waals surface area (Å²) in [6.45, 7) is 2.04. The Morgan fingerprint density at radius 1 is 1.35 bits per heavy atom. The number of hydrogen-bond acceptors (Lipinski definition) is 2. The first-order chi connectivity index (χ1) is 8.29. The normalized spacial score (nSPS) is 18.5. The third-order valence-electron chi connectivity index (χ3n) is 4.02. The van der Waals surface area contributed by atoms with Gasteiger partial charge in [-0.1, -0.05) is 31.7 Å². The van der Waals surface area contributed by atoms with Crippen molar-refractivity contribution < 1.29 is 0 Å². The van der Waals surface area contributed by atoms with Crippen LogP contribution in [0.4, 0.5) is 0 Å². The SMILES string of the molecule is CNC(CCC1CCCC1)c1ccc(C)nc1. The Morgan fingerprint density at radius 3 is 2.71 bits per heavy atom. The van der Waals surface area contributed by atoms with E-state index in [2.05, 4.69) is 29.5 Å². The molecule has 1 unspecified atom stereocenters. The lowest BCUT2D eigenvalue weighted by atomic mass is 9.95. The molecule has 0 amide bonds. The zero-order chi connectivity index (χ0) is 12.1. The van der Waals surface area contributed by atoms with Crippen molar-refractivity contribution in [1.29, 1.82) is 0 Å². The van der Waals surface area contributed by atoms with Gasteiger partial charge in [0.05, 0.1) is 0 Å². The van der Waals surface area contributed by atoms with E-state index in [0.29, 0.717) is 6.04 Å². The molecule has 0 bridgehead atoms. The van der Waals surface area contributed by atoms with Crippen molar-refractivity contribution in [3.05, 3.63) is 29.6 Å². The number of hydrogen-bond donors (Lipinski definition) is 1. The highest BCUT2D eigenvalue weighted by molar-refractivity contribution is 5.17. The summed E-state index contributed by atoms with van der Waals surface area (Å²) in [5.74, 6) is 0.976. The summed E-state index contributed by atoms with van der Waals surface area (Å²) in [6.07, 6.45) is 10.4. The van der Waals surface area contributed by atoms with E-state index in [1.54, 1.807) is 0 Å². The fourth-order valence-electron chi connectivity index (χ4n) is 2.86. The summed E-state index contributed by atoms with van der Waals surface area (Å²) in [6, 6.07) is 4.79. The number of nitrogens with one attached hydrogen (secondary N) is 1. The second kappa shape index (κ2) is 6.15. The number of pyridine rings is 1. The van der Waals surface area contributed by atoms with E-state index in [1.807, 2.05) is 13.1 Å². The van der Waals surface area contributed by atoms with Crippen molar-refractivity contribution >= 4 is 0 Å². The topological polar surface area (TPSA) is 24.9 Å². The summed E-state index contributed by atoms with van der Waals surface area (Å²) in [4.78, 5) is 4.39. The predicted octanol–water partition coefficient (Wildman–Crippen LogP) is 3.62. The van der Waals surface area contributed by atoms with Gasteiger partial charge in [-0.3, -0.25) is 4.98 Å². The first-order valence-electron chi connectivity index (χ1n) is 6.89. The molecule has 1 atom stereocenters. The van der Waals surface area contributed by atoms with Crippen LogP contribution in [0.15, 0.2) is 18.3 Å². The van der Waals surface area contributed by atoms with Gasteiger partial charge in [-0.2, -0.15) is 0 Å². The largest absolute Gasteiger partial charge is 0.313 e. The fourth-order valence-corrected chi connectivity index (χ4v) is 2.86. The second-order valence-corrected chi connectivity index (χ2v) is 5.30. The average Bonchev–Trinajstić information content (AvgIpc) is 2.85. The van der Waals surface area contributed by atoms with Crippen LogP contribution in [0.25, 0.3) is 0 Å². The van der Waals surface area contributed by atoms with Crippen LogP contribution in [0, 0.1) is 12.8 Å². The van der Waals surface area contributed by atoms with Gasteiger partial charge < -0.3 is 5.32 Å². The van der Waals surface area contributed by atoms with Crippen LogP contribution in [0.3, 0.4) is 0 Å². The maximum Gasteiger partial charge on any atom is 0.0372 e. The third kappa shape index (κ3) is 3.53. The Bertz CT molecular complexity index is 325. The van der Waals surface area contributed by atoms with Gasteiger partial charge in [-0.25, -0.2) is 0 Å². The highest BCUT2D eigenvalue weighted by Gasteiger charge is 2.17. The molecule has 94 valence electrons. The number of rotatable bonds is 5. The molecule has 1 saturated carbocycles. The molecule has 1 fully saturated rings. The average molecular weight is 232 g/mol. The molecule has 2 rings (SSSR count). The zero-order valence-electron chi connectivity index (χ0n) is 11.1. The molecule has 1 heterocycles. The second-order valence-electron chi connectivity index (χ2n) is 5.30. The molecule has 1 aliphatic carbocycles. The molecule has 1 aliphatic rings. The van der Waals surface area contributed by atoms with Gasteiger partial charge in [0.15, 0.2) is 0 Å². The summed E-state index contributed by atoms with van der Waals surface area (Å²) in [5, 5.41) is 3.42. The first kappa shape index (κ1) is 12.6. The van der Waals surface area contributed by atoms with Gasteiger partial charge in [-0.15, -0.1) is 0 Å². The zero-order valence-corrected chi connectivity index (χ0v) is 11.1. The van der Waals surface area contributed by atoms with E-state index >= 15 is 0 Å². The van der Waals surface area contributed by atoms with Crippen molar-refractivity contribution in [1.82, 2.24) is 10.3 Å². The molecule has 0 aliphatic heterocycles. The molecule has 1 aromatic rings. The molecule has 2 nitrogen and oxygen atoms in total. The van der Waals surface area contributed by atoms with Crippen LogP contribution in [0.1, 0.15) is 55.8 Å². The Labute approximate surface area is 105 Å². The molecule has 0 radical (unpaired) electrons. The molecule has 0 aromatic carbocycles. The van der Waals surface area contributed by atoms with Crippen LogP contribution >= 0.6 is 0 Å². The van der Waals surface area contributed by atoms with E-state index in [1.165, 1.54) is 44.1 Å². The molecular formula is C15H24N2. The van der Waals surface area contributed by atoms with Gasteiger partial charge in [0.2, 0.25) is 0 Å². The standard InChI is InChI=1S/C15H24N2/c1-12-7-9-14(11-17-12)15(16-2)10-8-13-5-3-4-6-13/h7,9,11,13,15-16H,3-6,8,10H2,1-2H3. The summed E-state index contributed by atoms with van der Waals surface area (Å²) in [7, 11) is 2.05. The van der Waals surface area contributed by atoms with Crippen molar-refractivity contribution in [3.63, 3.8) is 0 Å². The van der Waals surface area contributed by atoms with E-state index in [0.717, 1.165) is 11.6 Å². The lowest BCUT2D eigenvalue weighted by Crippen LogP contribution is -2.17. The van der Waals surface area contributed by atoms with Gasteiger partial charge in [0.1, 0.15) is 0 Å². The Balaban J connectivity index is 1.89. The number of aromatic nitrogens is 1. The quantitative estimate of drug-likeness (QED) is 0.838. The van der Waals surface area contributed by atoms with Crippen molar-refractivity contribution in [2.24, 2.45) is 5.92 Å². The Morgan fingerprint density at radius 2 is 2.12 bits per heavy atom. The van der Waals surface area contributed by atoms with E-state index in [9.17, 15) is 0 Å². The van der Waals surface area contributed by atoms with E-state index < -0.39 is 0 Å². The highest BCUT2D eigenvalue weighted by Crippen LogP contribution is 2.31.